The Labute approximate surface area is 119 Å². The van der Waals surface area contributed by atoms with Crippen molar-refractivity contribution in [3.8, 4) is 6.07 Å². The maximum atomic E-state index is 12.3. The molecule has 2 fully saturated rings. The summed E-state index contributed by atoms with van der Waals surface area (Å²) in [7, 11) is 0. The number of nitriles is 1. The van der Waals surface area contributed by atoms with Crippen molar-refractivity contribution < 1.29 is 14.3 Å². The van der Waals surface area contributed by atoms with E-state index in [1.807, 2.05) is 26.8 Å². The Bertz CT molecular complexity index is 450. The van der Waals surface area contributed by atoms with Gasteiger partial charge in [0, 0.05) is 6.04 Å². The molecule has 1 saturated carbocycles. The van der Waals surface area contributed by atoms with Gasteiger partial charge in [0.2, 0.25) is 5.91 Å². The van der Waals surface area contributed by atoms with E-state index in [1.165, 1.54) is 0 Å². The number of hydrogen-bond donors (Lipinski definition) is 1. The summed E-state index contributed by atoms with van der Waals surface area (Å²) in [5.41, 5.74) is -0.577. The topological polar surface area (TPSA) is 82.4 Å². The number of nitrogens with zero attached hydrogens (tertiary/aromatic N) is 2. The molecule has 2 amide bonds. The van der Waals surface area contributed by atoms with Crippen molar-refractivity contribution in [2.45, 2.75) is 57.7 Å². The standard InChI is InChI=1S/C14H21N3O3/c1-14(2,3)20-13(19)17-10-5-4-9(8-10)11(17)12(18)16-7-6-15/h9-11H,4-5,7-8H2,1-3H3,(H,16,18)/t9-,10?,11-/m0/s1. The molecule has 6 heteroatoms. The van der Waals surface area contributed by atoms with Gasteiger partial charge in [-0.25, -0.2) is 4.79 Å². The largest absolute Gasteiger partial charge is 0.444 e. The zero-order chi connectivity index (χ0) is 14.9. The van der Waals surface area contributed by atoms with Gasteiger partial charge in [0.15, 0.2) is 0 Å². The molecule has 0 aromatic heterocycles. The Hall–Kier alpha value is -1.77. The molecular formula is C14H21N3O3. The van der Waals surface area contributed by atoms with Crippen LogP contribution in [0.4, 0.5) is 4.79 Å². The first-order chi connectivity index (χ1) is 9.33. The number of piperidine rings is 1. The average molecular weight is 279 g/mol. The van der Waals surface area contributed by atoms with Crippen molar-refractivity contribution in [3.63, 3.8) is 0 Å². The van der Waals surface area contributed by atoms with Gasteiger partial charge in [0.25, 0.3) is 0 Å². The summed E-state index contributed by atoms with van der Waals surface area (Å²) >= 11 is 0. The number of rotatable bonds is 2. The van der Waals surface area contributed by atoms with E-state index >= 15 is 0 Å². The number of carbonyl (C=O) groups is 2. The molecule has 2 bridgehead atoms. The van der Waals surface area contributed by atoms with E-state index in [2.05, 4.69) is 5.32 Å². The highest BCUT2D eigenvalue weighted by atomic mass is 16.6. The molecule has 1 aliphatic heterocycles. The van der Waals surface area contributed by atoms with Crippen molar-refractivity contribution in [1.29, 1.82) is 5.26 Å². The lowest BCUT2D eigenvalue weighted by molar-refractivity contribution is -0.127. The number of fused-ring (bicyclic) bond motifs is 2. The second-order valence-corrected chi connectivity index (χ2v) is 6.44. The Kier molecular flexibility index (Phi) is 3.89. The number of nitrogens with one attached hydrogen (secondary N) is 1. The molecule has 1 aliphatic carbocycles. The van der Waals surface area contributed by atoms with E-state index in [0.29, 0.717) is 0 Å². The third-order valence-corrected chi connectivity index (χ3v) is 3.80. The van der Waals surface area contributed by atoms with Crippen LogP contribution >= 0.6 is 0 Å². The van der Waals surface area contributed by atoms with Gasteiger partial charge in [-0.15, -0.1) is 0 Å². The third-order valence-electron chi connectivity index (χ3n) is 3.80. The molecule has 3 atom stereocenters. The van der Waals surface area contributed by atoms with Gasteiger partial charge in [-0.05, 0) is 46.0 Å². The molecule has 2 rings (SSSR count). The van der Waals surface area contributed by atoms with E-state index in [-0.39, 0.29) is 24.4 Å². The Morgan fingerprint density at radius 1 is 1.40 bits per heavy atom. The number of amides is 2. The van der Waals surface area contributed by atoms with Gasteiger partial charge >= 0.3 is 6.09 Å². The van der Waals surface area contributed by atoms with E-state index in [0.717, 1.165) is 19.3 Å². The van der Waals surface area contributed by atoms with Gasteiger partial charge in [-0.1, -0.05) is 0 Å². The Balaban J connectivity index is 2.11. The second-order valence-electron chi connectivity index (χ2n) is 6.44. The molecule has 6 nitrogen and oxygen atoms in total. The predicted octanol–water partition coefficient (Wildman–Crippen LogP) is 1.41. The Morgan fingerprint density at radius 3 is 2.70 bits per heavy atom. The maximum Gasteiger partial charge on any atom is 0.411 e. The first-order valence-corrected chi connectivity index (χ1v) is 6.99. The summed E-state index contributed by atoms with van der Waals surface area (Å²) in [4.78, 5) is 26.0. The quantitative estimate of drug-likeness (QED) is 0.775. The van der Waals surface area contributed by atoms with Crippen molar-refractivity contribution in [3.05, 3.63) is 0 Å². The van der Waals surface area contributed by atoms with Crippen LogP contribution < -0.4 is 5.32 Å². The maximum absolute atomic E-state index is 12.3. The highest BCUT2D eigenvalue weighted by molar-refractivity contribution is 5.87. The number of ether oxygens (including phenoxy) is 1. The molecule has 0 aromatic carbocycles. The molecule has 1 heterocycles. The zero-order valence-corrected chi connectivity index (χ0v) is 12.2. The van der Waals surface area contributed by atoms with Crippen LogP contribution in [0.5, 0.6) is 0 Å². The summed E-state index contributed by atoms with van der Waals surface area (Å²) in [6.07, 6.45) is 2.30. The molecule has 1 N–H and O–H groups in total. The summed E-state index contributed by atoms with van der Waals surface area (Å²) in [5, 5.41) is 11.1. The van der Waals surface area contributed by atoms with Crippen LogP contribution in [0.15, 0.2) is 0 Å². The number of hydrogen-bond acceptors (Lipinski definition) is 4. The lowest BCUT2D eigenvalue weighted by Crippen LogP contribution is -2.53. The van der Waals surface area contributed by atoms with Gasteiger partial charge in [0.1, 0.15) is 18.2 Å². The fourth-order valence-electron chi connectivity index (χ4n) is 3.13. The fraction of sp³-hybridized carbons (Fsp3) is 0.786. The second kappa shape index (κ2) is 5.31. The fourth-order valence-corrected chi connectivity index (χ4v) is 3.13. The van der Waals surface area contributed by atoms with E-state index in [1.54, 1.807) is 4.90 Å². The molecule has 0 aromatic rings. The van der Waals surface area contributed by atoms with Crippen LogP contribution in [0.25, 0.3) is 0 Å². The van der Waals surface area contributed by atoms with Crippen LogP contribution in [0.3, 0.4) is 0 Å². The lowest BCUT2D eigenvalue weighted by atomic mass is 9.98. The Morgan fingerprint density at radius 2 is 2.10 bits per heavy atom. The minimum Gasteiger partial charge on any atom is -0.444 e. The summed E-state index contributed by atoms with van der Waals surface area (Å²) in [6.45, 7) is 5.40. The van der Waals surface area contributed by atoms with Crippen LogP contribution in [0, 0.1) is 17.2 Å². The lowest BCUT2D eigenvalue weighted by Gasteiger charge is -2.35. The van der Waals surface area contributed by atoms with Crippen LogP contribution in [-0.4, -0.2) is 41.1 Å². The molecule has 110 valence electrons. The van der Waals surface area contributed by atoms with Crippen molar-refractivity contribution in [2.24, 2.45) is 5.92 Å². The van der Waals surface area contributed by atoms with Crippen LogP contribution in [0.2, 0.25) is 0 Å². The smallest absolute Gasteiger partial charge is 0.411 e. The van der Waals surface area contributed by atoms with E-state index < -0.39 is 17.7 Å². The summed E-state index contributed by atoms with van der Waals surface area (Å²) in [6, 6.07) is 1.48. The summed E-state index contributed by atoms with van der Waals surface area (Å²) < 4.78 is 5.40. The van der Waals surface area contributed by atoms with Crippen LogP contribution in [-0.2, 0) is 9.53 Å². The van der Waals surface area contributed by atoms with Gasteiger partial charge in [0.05, 0.1) is 6.07 Å². The molecular weight excluding hydrogens is 258 g/mol. The van der Waals surface area contributed by atoms with Crippen molar-refractivity contribution in [1.82, 2.24) is 10.2 Å². The molecule has 0 spiro atoms. The molecule has 0 radical (unpaired) electrons. The SMILES string of the molecule is CC(C)(C)OC(=O)N1C2CC[C@@H](C2)[C@H]1C(=O)NCC#N. The minimum absolute atomic E-state index is 0.0329. The third kappa shape index (κ3) is 2.87. The number of carbonyl (C=O) groups excluding carboxylic acids is 2. The number of likely N-dealkylation sites (tertiary alicyclic amines) is 1. The van der Waals surface area contributed by atoms with Crippen molar-refractivity contribution in [2.75, 3.05) is 6.54 Å². The zero-order valence-electron chi connectivity index (χ0n) is 12.2. The molecule has 1 saturated heterocycles. The molecule has 20 heavy (non-hydrogen) atoms. The predicted molar refractivity (Wildman–Crippen MR) is 71.6 cm³/mol. The molecule has 1 unspecified atom stereocenters. The molecule has 2 aliphatic rings. The minimum atomic E-state index is -0.577. The normalized spacial score (nSPS) is 28.1. The van der Waals surface area contributed by atoms with Crippen LogP contribution in [0.1, 0.15) is 40.0 Å². The monoisotopic (exact) mass is 279 g/mol. The first-order valence-electron chi connectivity index (χ1n) is 6.99. The van der Waals surface area contributed by atoms with Gasteiger partial charge in [-0.2, -0.15) is 5.26 Å². The van der Waals surface area contributed by atoms with E-state index in [9.17, 15) is 9.59 Å². The highest BCUT2D eigenvalue weighted by Crippen LogP contribution is 2.43. The van der Waals surface area contributed by atoms with Gasteiger partial charge in [-0.3, -0.25) is 9.69 Å². The average Bonchev–Trinajstić information content (AvgIpc) is 2.93. The summed E-state index contributed by atoms with van der Waals surface area (Å²) in [5.74, 6) is -0.0594. The van der Waals surface area contributed by atoms with Gasteiger partial charge < -0.3 is 10.1 Å². The first kappa shape index (κ1) is 14.6. The van der Waals surface area contributed by atoms with Crippen molar-refractivity contribution >= 4 is 12.0 Å². The van der Waals surface area contributed by atoms with E-state index in [4.69, 9.17) is 10.00 Å². The highest BCUT2D eigenvalue weighted by Gasteiger charge is 2.52.